The van der Waals surface area contributed by atoms with Crippen molar-refractivity contribution in [2.75, 3.05) is 5.32 Å². The molecule has 2 aromatic carbocycles. The third-order valence-electron chi connectivity index (χ3n) is 2.59. The van der Waals surface area contributed by atoms with E-state index in [2.05, 4.69) is 32.3 Å². The normalized spacial score (nSPS) is 10.3. The summed E-state index contributed by atoms with van der Waals surface area (Å²) in [7, 11) is 0. The van der Waals surface area contributed by atoms with E-state index in [9.17, 15) is 0 Å². The maximum Gasteiger partial charge on any atom is 0.188 e. The summed E-state index contributed by atoms with van der Waals surface area (Å²) in [5.74, 6) is 0. The zero-order chi connectivity index (χ0) is 13.2. The van der Waals surface area contributed by atoms with Crippen LogP contribution in [0.3, 0.4) is 0 Å². The van der Waals surface area contributed by atoms with E-state index < -0.39 is 0 Å². The summed E-state index contributed by atoms with van der Waals surface area (Å²) >= 11 is 5.02. The van der Waals surface area contributed by atoms with Crippen LogP contribution < -0.4 is 5.32 Å². The number of thiazole rings is 1. The molecule has 1 N–H and O–H groups in total. The van der Waals surface area contributed by atoms with Crippen molar-refractivity contribution in [2.45, 2.75) is 0 Å². The molecule has 3 rings (SSSR count). The molecule has 0 aliphatic heterocycles. The Morgan fingerprint density at radius 2 is 2.11 bits per heavy atom. The third kappa shape index (κ3) is 2.60. The van der Waals surface area contributed by atoms with Crippen molar-refractivity contribution in [3.05, 3.63) is 52.5 Å². The summed E-state index contributed by atoms with van der Waals surface area (Å²) in [6.45, 7) is 0. The van der Waals surface area contributed by atoms with E-state index in [1.807, 2.05) is 36.4 Å². The van der Waals surface area contributed by atoms with Gasteiger partial charge in [0.2, 0.25) is 0 Å². The highest BCUT2D eigenvalue weighted by molar-refractivity contribution is 9.10. The molecule has 19 heavy (non-hydrogen) atoms. The van der Waals surface area contributed by atoms with Gasteiger partial charge in [-0.05, 0) is 36.4 Å². The van der Waals surface area contributed by atoms with Gasteiger partial charge in [-0.15, -0.1) is 0 Å². The Morgan fingerprint density at radius 1 is 1.21 bits per heavy atom. The van der Waals surface area contributed by atoms with Crippen molar-refractivity contribution < 1.29 is 0 Å². The lowest BCUT2D eigenvalue weighted by Crippen LogP contribution is -1.89. The van der Waals surface area contributed by atoms with Crippen molar-refractivity contribution in [1.82, 2.24) is 4.98 Å². The van der Waals surface area contributed by atoms with Gasteiger partial charge in [0.15, 0.2) is 5.13 Å². The molecule has 0 atom stereocenters. The predicted molar refractivity (Wildman–Crippen MR) is 81.8 cm³/mol. The van der Waals surface area contributed by atoms with Crippen LogP contribution in [0.4, 0.5) is 10.8 Å². The van der Waals surface area contributed by atoms with Crippen LogP contribution in [0.5, 0.6) is 0 Å². The first-order valence-corrected chi connectivity index (χ1v) is 7.19. The fourth-order valence-electron chi connectivity index (χ4n) is 1.74. The van der Waals surface area contributed by atoms with Crippen LogP contribution in [0.15, 0.2) is 46.9 Å². The predicted octanol–water partition coefficient (Wildman–Crippen LogP) is 4.67. The number of rotatable bonds is 2. The molecule has 0 saturated carbocycles. The van der Waals surface area contributed by atoms with Crippen molar-refractivity contribution in [2.24, 2.45) is 0 Å². The molecular weight excluding hydrogens is 322 g/mol. The molecule has 92 valence electrons. The summed E-state index contributed by atoms with van der Waals surface area (Å²) in [6.07, 6.45) is 0. The minimum absolute atomic E-state index is 0.633. The SMILES string of the molecule is N#Cc1cccc(Nc2nc3cc(Br)ccc3s2)c1. The van der Waals surface area contributed by atoms with Gasteiger partial charge < -0.3 is 5.32 Å². The van der Waals surface area contributed by atoms with E-state index in [0.29, 0.717) is 5.56 Å². The minimum Gasteiger partial charge on any atom is -0.331 e. The molecule has 0 spiro atoms. The van der Waals surface area contributed by atoms with Crippen LogP contribution in [-0.2, 0) is 0 Å². The van der Waals surface area contributed by atoms with Gasteiger partial charge in [-0.1, -0.05) is 33.3 Å². The highest BCUT2D eigenvalue weighted by Crippen LogP contribution is 2.30. The molecule has 0 aliphatic carbocycles. The molecule has 3 aromatic rings. The Labute approximate surface area is 122 Å². The molecule has 0 fully saturated rings. The van der Waals surface area contributed by atoms with Crippen LogP contribution >= 0.6 is 27.3 Å². The molecule has 5 heteroatoms. The summed E-state index contributed by atoms with van der Waals surface area (Å²) in [5, 5.41) is 12.9. The van der Waals surface area contributed by atoms with Crippen LogP contribution in [0, 0.1) is 11.3 Å². The number of anilines is 2. The summed E-state index contributed by atoms with van der Waals surface area (Å²) < 4.78 is 2.14. The van der Waals surface area contributed by atoms with E-state index >= 15 is 0 Å². The van der Waals surface area contributed by atoms with Gasteiger partial charge in [0, 0.05) is 10.2 Å². The van der Waals surface area contributed by atoms with Gasteiger partial charge in [0.25, 0.3) is 0 Å². The molecule has 0 bridgehead atoms. The van der Waals surface area contributed by atoms with E-state index in [0.717, 1.165) is 25.5 Å². The van der Waals surface area contributed by atoms with E-state index in [1.54, 1.807) is 17.4 Å². The number of hydrogen-bond acceptors (Lipinski definition) is 4. The number of aromatic nitrogens is 1. The molecule has 1 aromatic heterocycles. The van der Waals surface area contributed by atoms with Crippen LogP contribution in [-0.4, -0.2) is 4.98 Å². The Balaban J connectivity index is 1.94. The lowest BCUT2D eigenvalue weighted by molar-refractivity contribution is 1.43. The van der Waals surface area contributed by atoms with Gasteiger partial charge in [0.05, 0.1) is 21.8 Å². The number of hydrogen-bond donors (Lipinski definition) is 1. The standard InChI is InChI=1S/C14H8BrN3S/c15-10-4-5-13-12(7-10)18-14(19-13)17-11-3-1-2-9(6-11)8-16/h1-7H,(H,17,18). The first-order valence-electron chi connectivity index (χ1n) is 5.58. The molecule has 3 nitrogen and oxygen atoms in total. The minimum atomic E-state index is 0.633. The fourth-order valence-corrected chi connectivity index (χ4v) is 2.96. The number of halogens is 1. The topological polar surface area (TPSA) is 48.7 Å². The Kier molecular flexibility index (Phi) is 3.20. The monoisotopic (exact) mass is 329 g/mol. The largest absolute Gasteiger partial charge is 0.331 e. The molecule has 0 unspecified atom stereocenters. The zero-order valence-corrected chi connectivity index (χ0v) is 12.1. The Hall–Kier alpha value is -1.90. The lowest BCUT2D eigenvalue weighted by atomic mass is 10.2. The highest BCUT2D eigenvalue weighted by atomic mass is 79.9. The Bertz CT molecular complexity index is 789. The quantitative estimate of drug-likeness (QED) is 0.742. The third-order valence-corrected chi connectivity index (χ3v) is 4.04. The molecule has 0 radical (unpaired) electrons. The van der Waals surface area contributed by atoms with Crippen LogP contribution in [0.1, 0.15) is 5.56 Å². The second-order valence-electron chi connectivity index (χ2n) is 3.95. The van der Waals surface area contributed by atoms with Gasteiger partial charge >= 0.3 is 0 Å². The highest BCUT2D eigenvalue weighted by Gasteiger charge is 2.04. The molecular formula is C14H8BrN3S. The second-order valence-corrected chi connectivity index (χ2v) is 5.89. The summed E-state index contributed by atoms with van der Waals surface area (Å²) in [6, 6.07) is 15.5. The van der Waals surface area contributed by atoms with Gasteiger partial charge in [-0.25, -0.2) is 4.98 Å². The van der Waals surface area contributed by atoms with E-state index in [1.165, 1.54) is 0 Å². The first-order chi connectivity index (χ1) is 9.24. The molecule has 0 amide bonds. The molecule has 0 aliphatic rings. The average Bonchev–Trinajstić information content (AvgIpc) is 2.80. The smallest absolute Gasteiger partial charge is 0.188 e. The van der Waals surface area contributed by atoms with Gasteiger partial charge in [0.1, 0.15) is 0 Å². The van der Waals surface area contributed by atoms with Gasteiger partial charge in [-0.2, -0.15) is 5.26 Å². The van der Waals surface area contributed by atoms with Crippen molar-refractivity contribution in [3.63, 3.8) is 0 Å². The lowest BCUT2D eigenvalue weighted by Gasteiger charge is -2.01. The van der Waals surface area contributed by atoms with Crippen molar-refractivity contribution >= 4 is 48.3 Å². The molecule has 1 heterocycles. The average molecular weight is 330 g/mol. The fraction of sp³-hybridized carbons (Fsp3) is 0. The maximum absolute atomic E-state index is 8.88. The van der Waals surface area contributed by atoms with Crippen molar-refractivity contribution in [1.29, 1.82) is 5.26 Å². The van der Waals surface area contributed by atoms with Crippen LogP contribution in [0.25, 0.3) is 10.2 Å². The molecule has 0 saturated heterocycles. The first kappa shape index (κ1) is 12.2. The maximum atomic E-state index is 8.88. The Morgan fingerprint density at radius 3 is 2.95 bits per heavy atom. The number of nitriles is 1. The number of nitrogens with one attached hydrogen (secondary N) is 1. The van der Waals surface area contributed by atoms with E-state index in [-0.39, 0.29) is 0 Å². The summed E-state index contributed by atoms with van der Waals surface area (Å²) in [4.78, 5) is 4.52. The zero-order valence-electron chi connectivity index (χ0n) is 9.72. The number of nitrogens with zero attached hydrogens (tertiary/aromatic N) is 2. The second kappa shape index (κ2) is 5.00. The number of benzene rings is 2. The van der Waals surface area contributed by atoms with Crippen LogP contribution in [0.2, 0.25) is 0 Å². The number of fused-ring (bicyclic) bond motifs is 1. The summed E-state index contributed by atoms with van der Waals surface area (Å²) in [5.41, 5.74) is 2.46. The van der Waals surface area contributed by atoms with Crippen molar-refractivity contribution in [3.8, 4) is 6.07 Å². The van der Waals surface area contributed by atoms with E-state index in [4.69, 9.17) is 5.26 Å². The van der Waals surface area contributed by atoms with Gasteiger partial charge in [-0.3, -0.25) is 0 Å².